The minimum absolute atomic E-state index is 0.0311. The van der Waals surface area contributed by atoms with Crippen molar-refractivity contribution >= 4 is 23.5 Å². The van der Waals surface area contributed by atoms with Crippen LogP contribution in [0.4, 0.5) is 23.7 Å². The number of aliphatic imine (C=N–C) groups is 1. The van der Waals surface area contributed by atoms with Gasteiger partial charge in [-0.3, -0.25) is 4.79 Å². The van der Waals surface area contributed by atoms with Crippen molar-refractivity contribution in [2.75, 3.05) is 11.9 Å². The lowest BCUT2D eigenvalue weighted by molar-refractivity contribution is -0.137. The third-order valence-corrected chi connectivity index (χ3v) is 4.34. The molecule has 168 valence electrons. The Morgan fingerprint density at radius 3 is 2.19 bits per heavy atom. The molecule has 0 spiro atoms. The zero-order chi connectivity index (χ0) is 23.5. The van der Waals surface area contributed by atoms with Crippen LogP contribution < -0.4 is 5.32 Å². The average molecular weight is 445 g/mol. The predicted molar refractivity (Wildman–Crippen MR) is 114 cm³/mol. The number of carbonyl (C=O) groups is 2. The molecule has 0 saturated heterocycles. The number of nitrogens with zero attached hydrogens (tertiary/aromatic N) is 2. The van der Waals surface area contributed by atoms with Gasteiger partial charge in [0.25, 0.3) is 0 Å². The van der Waals surface area contributed by atoms with Crippen molar-refractivity contribution in [1.82, 2.24) is 4.90 Å². The number of amides is 1. The average Bonchev–Trinajstić information content (AvgIpc) is 2.72. The molecule has 3 rings (SSSR count). The number of benzene rings is 2. The molecule has 1 N–H and O–H groups in total. The van der Waals surface area contributed by atoms with E-state index >= 15 is 0 Å². The smallest absolute Gasteiger partial charge is 0.417 e. The first-order valence-electron chi connectivity index (χ1n) is 9.75. The summed E-state index contributed by atoms with van der Waals surface area (Å²) in [6.07, 6.45) is -3.87. The molecule has 0 unspecified atom stereocenters. The highest BCUT2D eigenvalue weighted by atomic mass is 19.4. The second-order valence-corrected chi connectivity index (χ2v) is 8.07. The first kappa shape index (κ1) is 23.1. The first-order valence-corrected chi connectivity index (χ1v) is 9.75. The van der Waals surface area contributed by atoms with E-state index in [-0.39, 0.29) is 29.5 Å². The van der Waals surface area contributed by atoms with Gasteiger partial charge in [0.15, 0.2) is 5.78 Å². The monoisotopic (exact) mass is 445 g/mol. The molecule has 1 aliphatic heterocycles. The summed E-state index contributed by atoms with van der Waals surface area (Å²) in [6, 6.07) is 12.8. The van der Waals surface area contributed by atoms with Crippen molar-refractivity contribution in [3.63, 3.8) is 0 Å². The van der Waals surface area contributed by atoms with Gasteiger partial charge in [0, 0.05) is 23.0 Å². The number of anilines is 1. The molecule has 0 radical (unpaired) electrons. The van der Waals surface area contributed by atoms with Crippen LogP contribution in [0, 0.1) is 0 Å². The number of hydrogen-bond acceptors (Lipinski definition) is 5. The SMILES string of the molecule is CC(C)(C)OC(=O)N1CC(C(=O)c2ccccc2)=CN=C1Nc1ccc(C(F)(F)F)cc1. The largest absolute Gasteiger partial charge is 0.443 e. The number of nitrogens with one attached hydrogen (secondary N) is 1. The maximum absolute atomic E-state index is 12.8. The topological polar surface area (TPSA) is 71.0 Å². The highest BCUT2D eigenvalue weighted by Gasteiger charge is 2.32. The van der Waals surface area contributed by atoms with Gasteiger partial charge >= 0.3 is 12.3 Å². The van der Waals surface area contributed by atoms with Crippen molar-refractivity contribution < 1.29 is 27.5 Å². The Bertz CT molecular complexity index is 1050. The van der Waals surface area contributed by atoms with Crippen molar-refractivity contribution in [3.8, 4) is 0 Å². The summed E-state index contributed by atoms with van der Waals surface area (Å²) in [5, 5.41) is 2.83. The Kier molecular flexibility index (Phi) is 6.38. The van der Waals surface area contributed by atoms with Gasteiger partial charge in [0.2, 0.25) is 5.96 Å². The summed E-state index contributed by atoms with van der Waals surface area (Å²) in [4.78, 5) is 30.9. The van der Waals surface area contributed by atoms with Crippen LogP contribution in [0.2, 0.25) is 0 Å². The van der Waals surface area contributed by atoms with Gasteiger partial charge in [-0.25, -0.2) is 14.7 Å². The second kappa shape index (κ2) is 8.86. The molecule has 0 saturated carbocycles. The number of alkyl halides is 3. The molecular weight excluding hydrogens is 423 g/mol. The Balaban J connectivity index is 1.89. The number of ether oxygens (including phenoxy) is 1. The molecule has 1 heterocycles. The molecule has 1 amide bonds. The molecule has 1 aliphatic rings. The lowest BCUT2D eigenvalue weighted by Crippen LogP contribution is -2.46. The molecular formula is C23H22F3N3O3. The van der Waals surface area contributed by atoms with Gasteiger partial charge in [0.05, 0.1) is 12.1 Å². The van der Waals surface area contributed by atoms with Crippen LogP contribution in [-0.2, 0) is 10.9 Å². The molecule has 2 aromatic rings. The zero-order valence-electron chi connectivity index (χ0n) is 17.7. The van der Waals surface area contributed by atoms with E-state index < -0.39 is 23.4 Å². The van der Waals surface area contributed by atoms with Crippen LogP contribution in [0.3, 0.4) is 0 Å². The Hall–Kier alpha value is -3.62. The quantitative estimate of drug-likeness (QED) is 0.634. The van der Waals surface area contributed by atoms with E-state index in [1.807, 2.05) is 0 Å². The Morgan fingerprint density at radius 1 is 1.00 bits per heavy atom. The van der Waals surface area contributed by atoms with Crippen LogP contribution in [-0.4, -0.2) is 34.9 Å². The van der Waals surface area contributed by atoms with Gasteiger partial charge in [-0.1, -0.05) is 30.3 Å². The third kappa shape index (κ3) is 5.75. The van der Waals surface area contributed by atoms with Crippen molar-refractivity contribution in [1.29, 1.82) is 0 Å². The minimum atomic E-state index is -4.46. The minimum Gasteiger partial charge on any atom is -0.443 e. The number of Topliss-reactive ketones (excluding diaryl/α,β-unsaturated/α-hetero) is 1. The van der Waals surface area contributed by atoms with E-state index in [9.17, 15) is 22.8 Å². The maximum atomic E-state index is 12.8. The molecule has 32 heavy (non-hydrogen) atoms. The van der Waals surface area contributed by atoms with Gasteiger partial charge < -0.3 is 10.1 Å². The van der Waals surface area contributed by atoms with Gasteiger partial charge in [-0.2, -0.15) is 13.2 Å². The number of rotatable bonds is 3. The van der Waals surface area contributed by atoms with Crippen LogP contribution in [0.15, 0.2) is 71.4 Å². The van der Waals surface area contributed by atoms with E-state index in [1.165, 1.54) is 18.3 Å². The fraction of sp³-hybridized carbons (Fsp3) is 0.261. The van der Waals surface area contributed by atoms with E-state index in [1.54, 1.807) is 51.1 Å². The van der Waals surface area contributed by atoms with E-state index in [0.29, 0.717) is 5.56 Å². The number of carbonyl (C=O) groups excluding carboxylic acids is 2. The van der Waals surface area contributed by atoms with E-state index in [4.69, 9.17) is 4.74 Å². The lowest BCUT2D eigenvalue weighted by atomic mass is 10.0. The van der Waals surface area contributed by atoms with E-state index in [2.05, 4.69) is 10.3 Å². The van der Waals surface area contributed by atoms with E-state index in [0.717, 1.165) is 17.0 Å². The molecule has 9 heteroatoms. The first-order chi connectivity index (χ1) is 14.9. The fourth-order valence-corrected chi connectivity index (χ4v) is 2.84. The molecule has 0 aliphatic carbocycles. The summed E-state index contributed by atoms with van der Waals surface area (Å²) in [6.45, 7) is 4.97. The predicted octanol–water partition coefficient (Wildman–Crippen LogP) is 5.49. The molecule has 6 nitrogen and oxygen atoms in total. The summed E-state index contributed by atoms with van der Waals surface area (Å²) in [7, 11) is 0. The number of hydrogen-bond donors (Lipinski definition) is 1. The van der Waals surface area contributed by atoms with Crippen molar-refractivity contribution in [2.24, 2.45) is 4.99 Å². The highest BCUT2D eigenvalue weighted by Crippen LogP contribution is 2.30. The van der Waals surface area contributed by atoms with Crippen LogP contribution in [0.5, 0.6) is 0 Å². The zero-order valence-corrected chi connectivity index (χ0v) is 17.7. The summed E-state index contributed by atoms with van der Waals surface area (Å²) >= 11 is 0. The highest BCUT2D eigenvalue weighted by molar-refractivity contribution is 6.12. The van der Waals surface area contributed by atoms with Crippen LogP contribution in [0.25, 0.3) is 0 Å². The Labute approximate surface area is 183 Å². The Morgan fingerprint density at radius 2 is 1.62 bits per heavy atom. The molecule has 0 bridgehead atoms. The maximum Gasteiger partial charge on any atom is 0.417 e. The molecule has 0 atom stereocenters. The number of guanidine groups is 1. The number of ketones is 1. The molecule has 2 aromatic carbocycles. The van der Waals surface area contributed by atoms with Crippen LogP contribution in [0.1, 0.15) is 36.7 Å². The fourth-order valence-electron chi connectivity index (χ4n) is 2.84. The second-order valence-electron chi connectivity index (χ2n) is 8.07. The van der Waals surface area contributed by atoms with Gasteiger partial charge in [-0.05, 0) is 45.0 Å². The van der Waals surface area contributed by atoms with Gasteiger partial charge in [0.1, 0.15) is 5.60 Å². The third-order valence-electron chi connectivity index (χ3n) is 4.34. The summed E-state index contributed by atoms with van der Waals surface area (Å²) in [5.41, 5.74) is -0.608. The standard InChI is InChI=1S/C23H22F3N3O3/c1-22(2,3)32-21(31)29-14-16(19(30)15-7-5-4-6-8-15)13-27-20(29)28-18-11-9-17(10-12-18)23(24,25)26/h4-13H,14H2,1-3H3,(H,27,28). The summed E-state index contributed by atoms with van der Waals surface area (Å²) in [5.74, 6) is -0.264. The van der Waals surface area contributed by atoms with Gasteiger partial charge in [-0.15, -0.1) is 0 Å². The number of halogens is 3. The van der Waals surface area contributed by atoms with Crippen molar-refractivity contribution in [3.05, 3.63) is 77.5 Å². The molecule has 0 aromatic heterocycles. The molecule has 0 fully saturated rings. The van der Waals surface area contributed by atoms with Crippen LogP contribution >= 0.6 is 0 Å². The normalized spacial score (nSPS) is 14.4. The lowest BCUT2D eigenvalue weighted by Gasteiger charge is -2.30. The summed E-state index contributed by atoms with van der Waals surface area (Å²) < 4.78 is 43.8. The van der Waals surface area contributed by atoms with Crippen molar-refractivity contribution in [2.45, 2.75) is 32.5 Å².